The fraction of sp³-hybridized carbons (Fsp3) is 0.182. The topological polar surface area (TPSA) is 104 Å². The lowest BCUT2D eigenvalue weighted by Gasteiger charge is -2.14. The van der Waals surface area contributed by atoms with E-state index in [-0.39, 0.29) is 6.01 Å². The van der Waals surface area contributed by atoms with E-state index in [2.05, 4.69) is 4.98 Å². The molecule has 0 fully saturated rings. The smallest absolute Gasteiger partial charge is 0.323 e. The lowest BCUT2D eigenvalue weighted by Crippen LogP contribution is -2.34. The Balaban J connectivity index is 2.33. The van der Waals surface area contributed by atoms with Crippen LogP contribution in [0.25, 0.3) is 11.1 Å². The summed E-state index contributed by atoms with van der Waals surface area (Å²) < 4.78 is 5.32. The molecule has 0 saturated carbocycles. The fourth-order valence-electron chi connectivity index (χ4n) is 1.51. The normalized spacial score (nSPS) is 10.4. The van der Waals surface area contributed by atoms with Gasteiger partial charge in [0, 0.05) is 0 Å². The van der Waals surface area contributed by atoms with Gasteiger partial charge in [0.2, 0.25) is 0 Å². The molecular weight excluding hydrogens is 240 g/mol. The number of hydrogen-bond donors (Lipinski definition) is 2. The fourth-order valence-corrected chi connectivity index (χ4v) is 1.51. The maximum Gasteiger partial charge on any atom is 0.323 e. The van der Waals surface area contributed by atoms with Crippen molar-refractivity contribution in [2.75, 3.05) is 18.0 Å². The third-order valence-corrected chi connectivity index (χ3v) is 2.21. The zero-order chi connectivity index (χ0) is 13.1. The van der Waals surface area contributed by atoms with Gasteiger partial charge in [0.05, 0.1) is 0 Å². The van der Waals surface area contributed by atoms with Crippen LogP contribution >= 0.6 is 0 Å². The number of anilines is 1. The molecule has 7 nitrogen and oxygen atoms in total. The summed E-state index contributed by atoms with van der Waals surface area (Å²) in [6.45, 7) is -0.974. The molecule has 1 heterocycles. The lowest BCUT2D eigenvalue weighted by molar-refractivity contribution is -0.136. The number of para-hydroxylation sites is 2. The minimum Gasteiger partial charge on any atom is -0.480 e. The summed E-state index contributed by atoms with van der Waals surface area (Å²) in [4.78, 5) is 26.4. The van der Waals surface area contributed by atoms with Crippen molar-refractivity contribution in [3.63, 3.8) is 0 Å². The van der Waals surface area contributed by atoms with Crippen molar-refractivity contribution in [2.24, 2.45) is 0 Å². The molecule has 94 valence electrons. The van der Waals surface area contributed by atoms with Crippen LogP contribution in [-0.2, 0) is 9.59 Å². The van der Waals surface area contributed by atoms with Crippen LogP contribution in [0.1, 0.15) is 0 Å². The monoisotopic (exact) mass is 250 g/mol. The Labute approximate surface area is 101 Å². The van der Waals surface area contributed by atoms with Gasteiger partial charge in [-0.1, -0.05) is 12.1 Å². The Kier molecular flexibility index (Phi) is 3.13. The zero-order valence-electron chi connectivity index (χ0n) is 9.24. The van der Waals surface area contributed by atoms with Crippen LogP contribution in [0.4, 0.5) is 6.01 Å². The van der Waals surface area contributed by atoms with Crippen molar-refractivity contribution in [1.82, 2.24) is 4.98 Å². The molecule has 18 heavy (non-hydrogen) atoms. The number of carboxylic acids is 2. The van der Waals surface area contributed by atoms with Gasteiger partial charge in [0.25, 0.3) is 6.01 Å². The van der Waals surface area contributed by atoms with E-state index in [0.717, 1.165) is 4.90 Å². The Hall–Kier alpha value is -2.57. The van der Waals surface area contributed by atoms with E-state index >= 15 is 0 Å². The first-order valence-corrected chi connectivity index (χ1v) is 5.10. The molecule has 0 atom stereocenters. The van der Waals surface area contributed by atoms with Gasteiger partial charge in [-0.3, -0.25) is 9.59 Å². The van der Waals surface area contributed by atoms with Crippen LogP contribution < -0.4 is 4.90 Å². The van der Waals surface area contributed by atoms with Gasteiger partial charge in [-0.25, -0.2) is 0 Å². The van der Waals surface area contributed by atoms with Crippen molar-refractivity contribution in [3.05, 3.63) is 24.3 Å². The predicted molar refractivity (Wildman–Crippen MR) is 61.5 cm³/mol. The van der Waals surface area contributed by atoms with Crippen LogP contribution in [0, 0.1) is 0 Å². The number of oxazole rings is 1. The van der Waals surface area contributed by atoms with Crippen molar-refractivity contribution < 1.29 is 24.2 Å². The van der Waals surface area contributed by atoms with Gasteiger partial charge in [-0.15, -0.1) is 0 Å². The highest BCUT2D eigenvalue weighted by Crippen LogP contribution is 2.21. The number of aromatic nitrogens is 1. The van der Waals surface area contributed by atoms with Crippen LogP contribution in [0.3, 0.4) is 0 Å². The van der Waals surface area contributed by atoms with Gasteiger partial charge < -0.3 is 19.5 Å². The second kappa shape index (κ2) is 4.74. The van der Waals surface area contributed by atoms with E-state index in [1.54, 1.807) is 24.3 Å². The third kappa shape index (κ3) is 2.57. The number of benzene rings is 1. The second-order valence-corrected chi connectivity index (χ2v) is 3.61. The van der Waals surface area contributed by atoms with Gasteiger partial charge in [-0.2, -0.15) is 4.98 Å². The van der Waals surface area contributed by atoms with E-state index in [1.807, 2.05) is 0 Å². The molecular formula is C11H10N2O5. The van der Waals surface area contributed by atoms with Gasteiger partial charge in [0.15, 0.2) is 5.58 Å². The first-order chi connectivity index (χ1) is 8.56. The average molecular weight is 250 g/mol. The standard InChI is InChI=1S/C11H10N2O5/c14-9(15)5-13(6-10(16)17)11-12-7-3-1-2-4-8(7)18-11/h1-4H,5-6H2,(H,14,15)(H,16,17). The van der Waals surface area contributed by atoms with Crippen molar-refractivity contribution in [3.8, 4) is 0 Å². The third-order valence-electron chi connectivity index (χ3n) is 2.21. The summed E-state index contributed by atoms with van der Waals surface area (Å²) in [6.07, 6.45) is 0. The number of nitrogens with zero attached hydrogens (tertiary/aromatic N) is 2. The maximum absolute atomic E-state index is 10.7. The molecule has 0 saturated heterocycles. The molecule has 0 unspecified atom stereocenters. The number of hydrogen-bond acceptors (Lipinski definition) is 5. The first-order valence-electron chi connectivity index (χ1n) is 5.10. The van der Waals surface area contributed by atoms with Crippen LogP contribution in [-0.4, -0.2) is 40.2 Å². The Bertz CT molecular complexity index is 543. The molecule has 2 rings (SSSR count). The second-order valence-electron chi connectivity index (χ2n) is 3.61. The predicted octanol–water partition coefficient (Wildman–Crippen LogP) is 0.803. The number of carbonyl (C=O) groups is 2. The minimum atomic E-state index is -1.15. The SMILES string of the molecule is O=C(O)CN(CC(=O)O)c1nc2ccccc2o1. The maximum atomic E-state index is 10.7. The van der Waals surface area contributed by atoms with E-state index in [9.17, 15) is 9.59 Å². The van der Waals surface area contributed by atoms with Crippen molar-refractivity contribution in [1.29, 1.82) is 0 Å². The molecule has 0 aliphatic carbocycles. The molecule has 0 spiro atoms. The molecule has 0 radical (unpaired) electrons. The minimum absolute atomic E-state index is 0.0130. The number of aliphatic carboxylic acids is 2. The highest BCUT2D eigenvalue weighted by atomic mass is 16.4. The van der Waals surface area contributed by atoms with Crippen LogP contribution in [0.15, 0.2) is 28.7 Å². The number of fused-ring (bicyclic) bond motifs is 1. The molecule has 7 heteroatoms. The van der Waals surface area contributed by atoms with Gasteiger partial charge in [0.1, 0.15) is 18.6 Å². The van der Waals surface area contributed by atoms with Crippen LogP contribution in [0.5, 0.6) is 0 Å². The molecule has 1 aromatic heterocycles. The summed E-state index contributed by atoms with van der Waals surface area (Å²) in [5.41, 5.74) is 1.03. The highest BCUT2D eigenvalue weighted by molar-refractivity contribution is 5.80. The molecule has 1 aromatic carbocycles. The van der Waals surface area contributed by atoms with E-state index in [4.69, 9.17) is 14.6 Å². The number of rotatable bonds is 5. The molecule has 2 N–H and O–H groups in total. The molecule has 0 aliphatic rings. The van der Waals surface area contributed by atoms with Gasteiger partial charge >= 0.3 is 11.9 Å². The van der Waals surface area contributed by atoms with Crippen molar-refractivity contribution >= 4 is 29.1 Å². The first kappa shape index (κ1) is 11.9. The summed E-state index contributed by atoms with van der Waals surface area (Å²) in [5, 5.41) is 17.5. The molecule has 0 bridgehead atoms. The molecule has 2 aromatic rings. The van der Waals surface area contributed by atoms with E-state index in [1.165, 1.54) is 0 Å². The largest absolute Gasteiger partial charge is 0.480 e. The summed E-state index contributed by atoms with van der Waals surface area (Å²) in [7, 11) is 0. The zero-order valence-corrected chi connectivity index (χ0v) is 9.24. The quantitative estimate of drug-likeness (QED) is 0.808. The van der Waals surface area contributed by atoms with Crippen molar-refractivity contribution in [2.45, 2.75) is 0 Å². The molecule has 0 amide bonds. The molecule has 0 aliphatic heterocycles. The van der Waals surface area contributed by atoms with E-state index < -0.39 is 25.0 Å². The van der Waals surface area contributed by atoms with Crippen LogP contribution in [0.2, 0.25) is 0 Å². The Morgan fingerprint density at radius 1 is 1.17 bits per heavy atom. The number of carboxylic acid groups (broad SMARTS) is 2. The van der Waals surface area contributed by atoms with Gasteiger partial charge in [-0.05, 0) is 12.1 Å². The Morgan fingerprint density at radius 2 is 1.78 bits per heavy atom. The summed E-state index contributed by atoms with van der Waals surface area (Å²) in [5.74, 6) is -2.31. The highest BCUT2D eigenvalue weighted by Gasteiger charge is 2.19. The average Bonchev–Trinajstić information content (AvgIpc) is 2.70. The van der Waals surface area contributed by atoms with E-state index in [0.29, 0.717) is 11.1 Å². The lowest BCUT2D eigenvalue weighted by atomic mass is 10.3. The summed E-state index contributed by atoms with van der Waals surface area (Å²) in [6, 6.07) is 6.86. The Morgan fingerprint density at radius 3 is 2.33 bits per heavy atom. The summed E-state index contributed by atoms with van der Waals surface area (Å²) >= 11 is 0.